The Hall–Kier alpha value is -3.39. The number of ether oxygens (including phenoxy) is 2. The number of rotatable bonds is 3. The summed E-state index contributed by atoms with van der Waals surface area (Å²) in [5.41, 5.74) is 6.93. The van der Waals surface area contributed by atoms with Crippen LogP contribution in [0.3, 0.4) is 0 Å². The van der Waals surface area contributed by atoms with Gasteiger partial charge in [-0.25, -0.2) is 9.78 Å². The first-order valence-electron chi connectivity index (χ1n) is 15.1. The molecule has 0 unspecified atom stereocenters. The molecule has 1 saturated carbocycles. The Morgan fingerprint density at radius 2 is 1.88 bits per heavy atom. The fourth-order valence-electron chi connectivity index (χ4n) is 6.65. The van der Waals surface area contributed by atoms with Gasteiger partial charge in [0.2, 0.25) is 5.91 Å². The van der Waals surface area contributed by atoms with Crippen LogP contribution in [0.15, 0.2) is 30.6 Å². The van der Waals surface area contributed by atoms with E-state index in [9.17, 15) is 9.59 Å². The number of nitrogens with one attached hydrogen (secondary N) is 1. The van der Waals surface area contributed by atoms with Crippen LogP contribution in [-0.4, -0.2) is 63.7 Å². The maximum Gasteiger partial charge on any atom is 0.410 e. The average molecular weight is 559 g/mol. The fourth-order valence-corrected chi connectivity index (χ4v) is 6.65. The highest BCUT2D eigenvalue weighted by Crippen LogP contribution is 2.38. The number of pyridine rings is 1. The number of fused-ring (bicyclic) bond motifs is 2. The molecule has 0 radical (unpaired) electrons. The topological polar surface area (TPSA) is 87.8 Å². The van der Waals surface area contributed by atoms with E-state index in [1.54, 1.807) is 0 Å². The van der Waals surface area contributed by atoms with E-state index in [2.05, 4.69) is 40.0 Å². The molecular formula is C33H42N4O4. The number of carbonyl (C=O) groups excluding carboxylic acids is 2. The minimum absolute atomic E-state index is 0.131. The van der Waals surface area contributed by atoms with E-state index in [1.807, 2.05) is 38.1 Å². The van der Waals surface area contributed by atoms with Crippen molar-refractivity contribution in [1.82, 2.24) is 19.8 Å². The first-order chi connectivity index (χ1) is 19.7. The highest BCUT2D eigenvalue weighted by molar-refractivity contribution is 5.85. The van der Waals surface area contributed by atoms with Crippen molar-refractivity contribution in [2.75, 3.05) is 26.3 Å². The molecule has 4 heterocycles. The Morgan fingerprint density at radius 3 is 2.66 bits per heavy atom. The van der Waals surface area contributed by atoms with Gasteiger partial charge >= 0.3 is 6.09 Å². The number of aryl methyl sites for hydroxylation is 1. The van der Waals surface area contributed by atoms with Crippen LogP contribution in [0, 0.1) is 12.8 Å². The second-order valence-corrected chi connectivity index (χ2v) is 12.9. The Bertz CT molecular complexity index is 1450. The zero-order valence-electron chi connectivity index (χ0n) is 24.8. The Labute approximate surface area is 242 Å². The van der Waals surface area contributed by atoms with Crippen molar-refractivity contribution in [3.05, 3.63) is 52.8 Å². The summed E-state index contributed by atoms with van der Waals surface area (Å²) in [6, 6.07) is 6.33. The molecule has 1 N–H and O–H groups in total. The summed E-state index contributed by atoms with van der Waals surface area (Å²) >= 11 is 0. The first kappa shape index (κ1) is 27.8. The van der Waals surface area contributed by atoms with Crippen LogP contribution in [-0.2, 0) is 27.2 Å². The number of H-pyrrole nitrogens is 1. The standard InChI is InChI=1S/C33H42N4O4/c1-21-17-34-30-26(21)16-25(18-35-30)24-14-23-10-11-36(31(38)22-8-6-5-7-9-22)19-28(23)27(15-24)29-20-40-13-12-37(29)32(39)41-33(2,3)4/h14-18,22,29H,5-13,19-20H2,1-4H3,(H,34,35)/t29-/m0/s1. The number of aromatic amines is 1. The van der Waals surface area contributed by atoms with Gasteiger partial charge in [-0.15, -0.1) is 0 Å². The van der Waals surface area contributed by atoms with Crippen molar-refractivity contribution in [2.24, 2.45) is 5.92 Å². The van der Waals surface area contributed by atoms with Gasteiger partial charge in [-0.2, -0.15) is 0 Å². The second kappa shape index (κ2) is 11.1. The van der Waals surface area contributed by atoms with Gasteiger partial charge in [0.15, 0.2) is 0 Å². The minimum Gasteiger partial charge on any atom is -0.444 e. The van der Waals surface area contributed by atoms with E-state index < -0.39 is 5.60 Å². The molecule has 2 fully saturated rings. The highest BCUT2D eigenvalue weighted by atomic mass is 16.6. The molecule has 6 rings (SSSR count). The molecule has 8 heteroatoms. The molecule has 3 aliphatic rings. The molecule has 2 aliphatic heterocycles. The van der Waals surface area contributed by atoms with Crippen molar-refractivity contribution in [2.45, 2.75) is 84.4 Å². The average Bonchev–Trinajstić information content (AvgIpc) is 3.35. The maximum atomic E-state index is 13.6. The first-order valence-corrected chi connectivity index (χ1v) is 15.1. The van der Waals surface area contributed by atoms with E-state index in [4.69, 9.17) is 9.47 Å². The van der Waals surface area contributed by atoms with Crippen LogP contribution in [0.2, 0.25) is 0 Å². The number of benzene rings is 1. The summed E-state index contributed by atoms with van der Waals surface area (Å²) in [6.45, 7) is 10.4. The Morgan fingerprint density at radius 1 is 1.07 bits per heavy atom. The largest absolute Gasteiger partial charge is 0.444 e. The lowest BCUT2D eigenvalue weighted by atomic mass is 9.85. The molecule has 0 spiro atoms. The normalized spacial score (nSPS) is 20.2. The van der Waals surface area contributed by atoms with Crippen molar-refractivity contribution in [1.29, 1.82) is 0 Å². The van der Waals surface area contributed by atoms with Crippen LogP contribution >= 0.6 is 0 Å². The molecular weight excluding hydrogens is 516 g/mol. The minimum atomic E-state index is -0.597. The van der Waals surface area contributed by atoms with Gasteiger partial charge < -0.3 is 19.4 Å². The maximum absolute atomic E-state index is 13.6. The van der Waals surface area contributed by atoms with E-state index in [1.165, 1.54) is 12.0 Å². The lowest BCUT2D eigenvalue weighted by molar-refractivity contribution is -0.137. The number of nitrogens with zero attached hydrogens (tertiary/aromatic N) is 3. The number of amides is 2. The molecule has 1 atom stereocenters. The molecule has 1 saturated heterocycles. The molecule has 0 bridgehead atoms. The number of hydrogen-bond acceptors (Lipinski definition) is 5. The van der Waals surface area contributed by atoms with Gasteiger partial charge in [0, 0.05) is 48.9 Å². The molecule has 218 valence electrons. The van der Waals surface area contributed by atoms with Gasteiger partial charge in [0.05, 0.1) is 19.3 Å². The number of aromatic nitrogens is 2. The van der Waals surface area contributed by atoms with Crippen molar-refractivity contribution in [3.8, 4) is 11.1 Å². The monoisotopic (exact) mass is 558 g/mol. The van der Waals surface area contributed by atoms with E-state index in [0.717, 1.165) is 77.5 Å². The van der Waals surface area contributed by atoms with Gasteiger partial charge in [-0.05, 0) is 86.9 Å². The number of carbonyl (C=O) groups is 2. The number of morpholine rings is 1. The van der Waals surface area contributed by atoms with Crippen LogP contribution < -0.4 is 0 Å². The fraction of sp³-hybridized carbons (Fsp3) is 0.545. The molecule has 2 amide bonds. The van der Waals surface area contributed by atoms with Crippen LogP contribution in [0.4, 0.5) is 4.79 Å². The summed E-state index contributed by atoms with van der Waals surface area (Å²) in [5, 5.41) is 1.10. The lowest BCUT2D eigenvalue weighted by Crippen LogP contribution is -2.47. The predicted molar refractivity (Wildman–Crippen MR) is 158 cm³/mol. The molecule has 41 heavy (non-hydrogen) atoms. The molecule has 1 aromatic carbocycles. The third kappa shape index (κ3) is 5.71. The van der Waals surface area contributed by atoms with Gasteiger partial charge in [0.1, 0.15) is 11.2 Å². The zero-order chi connectivity index (χ0) is 28.7. The van der Waals surface area contributed by atoms with Crippen molar-refractivity contribution >= 4 is 23.0 Å². The zero-order valence-corrected chi connectivity index (χ0v) is 24.8. The second-order valence-electron chi connectivity index (χ2n) is 12.9. The summed E-state index contributed by atoms with van der Waals surface area (Å²) in [6.07, 6.45) is 9.83. The van der Waals surface area contributed by atoms with Crippen LogP contribution in [0.5, 0.6) is 0 Å². The quantitative estimate of drug-likeness (QED) is 0.407. The lowest BCUT2D eigenvalue weighted by Gasteiger charge is -2.40. The van der Waals surface area contributed by atoms with Gasteiger partial charge in [-0.3, -0.25) is 9.69 Å². The van der Waals surface area contributed by atoms with Crippen LogP contribution in [0.1, 0.15) is 81.2 Å². The molecule has 2 aromatic heterocycles. The van der Waals surface area contributed by atoms with E-state index in [-0.39, 0.29) is 24.0 Å². The number of hydrogen-bond donors (Lipinski definition) is 1. The highest BCUT2D eigenvalue weighted by Gasteiger charge is 2.36. The summed E-state index contributed by atoms with van der Waals surface area (Å²) in [7, 11) is 0. The Kier molecular flexibility index (Phi) is 7.53. The summed E-state index contributed by atoms with van der Waals surface area (Å²) in [4.78, 5) is 38.8. The summed E-state index contributed by atoms with van der Waals surface area (Å²) < 4.78 is 11.8. The SMILES string of the molecule is Cc1c[nH]c2ncc(-c3cc4c(c([C@@H]5COCCN5C(=O)OC(C)(C)C)c3)CN(C(=O)C3CCCCC3)CC4)cc12. The van der Waals surface area contributed by atoms with E-state index in [0.29, 0.717) is 26.3 Å². The third-order valence-electron chi connectivity index (χ3n) is 8.83. The third-order valence-corrected chi connectivity index (χ3v) is 8.83. The van der Waals surface area contributed by atoms with Crippen LogP contribution in [0.25, 0.3) is 22.2 Å². The molecule has 1 aliphatic carbocycles. The van der Waals surface area contributed by atoms with Gasteiger partial charge in [0.25, 0.3) is 0 Å². The smallest absolute Gasteiger partial charge is 0.410 e. The van der Waals surface area contributed by atoms with Gasteiger partial charge in [-0.1, -0.05) is 25.3 Å². The predicted octanol–water partition coefficient (Wildman–Crippen LogP) is 6.31. The molecule has 3 aromatic rings. The van der Waals surface area contributed by atoms with E-state index >= 15 is 0 Å². The van der Waals surface area contributed by atoms with Crippen molar-refractivity contribution in [3.63, 3.8) is 0 Å². The molecule has 8 nitrogen and oxygen atoms in total. The Balaban J connectivity index is 1.41. The van der Waals surface area contributed by atoms with Crippen molar-refractivity contribution < 1.29 is 19.1 Å². The summed E-state index contributed by atoms with van der Waals surface area (Å²) in [5.74, 6) is 0.415.